The van der Waals surface area contributed by atoms with Gasteiger partial charge in [0.1, 0.15) is 11.5 Å². The highest BCUT2D eigenvalue weighted by Gasteiger charge is 2.02. The Labute approximate surface area is 114 Å². The summed E-state index contributed by atoms with van der Waals surface area (Å²) in [4.78, 5) is 2.05. The number of hydrogen-bond donors (Lipinski definition) is 1. The minimum atomic E-state index is 0.0473. The van der Waals surface area contributed by atoms with Crippen molar-refractivity contribution in [1.29, 1.82) is 0 Å². The zero-order chi connectivity index (χ0) is 13.8. The van der Waals surface area contributed by atoms with Crippen LogP contribution in [0, 0.1) is 0 Å². The molecule has 0 amide bonds. The molecule has 100 valence electrons. The first-order valence-corrected chi connectivity index (χ1v) is 6.37. The van der Waals surface area contributed by atoms with Gasteiger partial charge in [-0.25, -0.2) is 0 Å². The van der Waals surface area contributed by atoms with Gasteiger partial charge in [-0.05, 0) is 36.8 Å². The summed E-state index contributed by atoms with van der Waals surface area (Å²) in [6.45, 7) is 1.97. The highest BCUT2D eigenvalue weighted by atomic mass is 16.5. The van der Waals surface area contributed by atoms with Gasteiger partial charge in [0, 0.05) is 31.9 Å². The van der Waals surface area contributed by atoms with E-state index in [9.17, 15) is 0 Å². The summed E-state index contributed by atoms with van der Waals surface area (Å²) in [5, 5.41) is 0. The fourth-order valence-electron chi connectivity index (χ4n) is 1.80. The van der Waals surface area contributed by atoms with Crippen molar-refractivity contribution in [3.63, 3.8) is 0 Å². The summed E-state index contributed by atoms with van der Waals surface area (Å²) in [5.41, 5.74) is 8.04. The Bertz CT molecular complexity index is 533. The van der Waals surface area contributed by atoms with Gasteiger partial charge in [0.2, 0.25) is 0 Å². The molecule has 0 saturated heterocycles. The topological polar surface area (TPSA) is 38.5 Å². The van der Waals surface area contributed by atoms with E-state index in [4.69, 9.17) is 10.5 Å². The normalized spacial score (nSPS) is 12.0. The quantitative estimate of drug-likeness (QED) is 0.909. The van der Waals surface area contributed by atoms with Crippen LogP contribution in [0.4, 0.5) is 5.69 Å². The number of benzene rings is 2. The highest BCUT2D eigenvalue weighted by molar-refractivity contribution is 5.50. The van der Waals surface area contributed by atoms with Gasteiger partial charge in [-0.15, -0.1) is 0 Å². The van der Waals surface area contributed by atoms with Gasteiger partial charge in [-0.1, -0.05) is 18.2 Å². The lowest BCUT2D eigenvalue weighted by Gasteiger charge is -2.14. The zero-order valence-corrected chi connectivity index (χ0v) is 11.6. The van der Waals surface area contributed by atoms with Crippen molar-refractivity contribution >= 4 is 5.69 Å². The molecule has 0 aliphatic carbocycles. The molecule has 0 saturated carbocycles. The minimum absolute atomic E-state index is 0.0473. The molecule has 0 bridgehead atoms. The lowest BCUT2D eigenvalue weighted by molar-refractivity contribution is 0.482. The third kappa shape index (κ3) is 3.48. The molecule has 2 N–H and O–H groups in total. The van der Waals surface area contributed by atoms with E-state index in [0.717, 1.165) is 22.7 Å². The average Bonchev–Trinajstić information content (AvgIpc) is 2.39. The van der Waals surface area contributed by atoms with Gasteiger partial charge in [-0.2, -0.15) is 0 Å². The second-order valence-electron chi connectivity index (χ2n) is 4.85. The van der Waals surface area contributed by atoms with E-state index in [1.807, 2.05) is 74.4 Å². The molecule has 0 spiro atoms. The smallest absolute Gasteiger partial charge is 0.129 e. The molecule has 0 aliphatic heterocycles. The maximum atomic E-state index is 5.84. The Morgan fingerprint density at radius 2 is 1.68 bits per heavy atom. The van der Waals surface area contributed by atoms with E-state index < -0.39 is 0 Å². The zero-order valence-electron chi connectivity index (χ0n) is 11.6. The van der Waals surface area contributed by atoms with Crippen LogP contribution in [0.25, 0.3) is 0 Å². The average molecular weight is 256 g/mol. The van der Waals surface area contributed by atoms with Crippen molar-refractivity contribution in [3.05, 3.63) is 54.1 Å². The summed E-state index contributed by atoms with van der Waals surface area (Å²) in [6.07, 6.45) is 0. The maximum Gasteiger partial charge on any atom is 0.129 e. The van der Waals surface area contributed by atoms with Gasteiger partial charge in [0.15, 0.2) is 0 Å². The van der Waals surface area contributed by atoms with Gasteiger partial charge in [0.05, 0.1) is 0 Å². The number of ether oxygens (including phenoxy) is 1. The number of nitrogens with zero attached hydrogens (tertiary/aromatic N) is 1. The second kappa shape index (κ2) is 5.76. The molecule has 19 heavy (non-hydrogen) atoms. The predicted molar refractivity (Wildman–Crippen MR) is 79.9 cm³/mol. The third-order valence-corrected chi connectivity index (χ3v) is 2.98. The maximum absolute atomic E-state index is 5.84. The van der Waals surface area contributed by atoms with Crippen LogP contribution in [0.3, 0.4) is 0 Å². The SMILES string of the molecule is CC(N)c1ccc(Oc2cccc(N(C)C)c2)cc1. The predicted octanol–water partition coefficient (Wildman–Crippen LogP) is 3.56. The van der Waals surface area contributed by atoms with E-state index >= 15 is 0 Å². The number of rotatable bonds is 4. The Kier molecular flexibility index (Phi) is 4.07. The molecule has 3 heteroatoms. The van der Waals surface area contributed by atoms with Crippen LogP contribution in [0.15, 0.2) is 48.5 Å². The van der Waals surface area contributed by atoms with E-state index in [0.29, 0.717) is 0 Å². The van der Waals surface area contributed by atoms with Gasteiger partial charge in [0.25, 0.3) is 0 Å². The number of nitrogens with two attached hydrogens (primary N) is 1. The van der Waals surface area contributed by atoms with Crippen molar-refractivity contribution < 1.29 is 4.74 Å². The van der Waals surface area contributed by atoms with E-state index in [-0.39, 0.29) is 6.04 Å². The molecule has 0 aliphatic rings. The molecule has 0 heterocycles. The Balaban J connectivity index is 2.14. The largest absolute Gasteiger partial charge is 0.457 e. The molecule has 1 unspecified atom stereocenters. The molecule has 3 nitrogen and oxygen atoms in total. The fourth-order valence-corrected chi connectivity index (χ4v) is 1.80. The first-order valence-electron chi connectivity index (χ1n) is 6.37. The van der Waals surface area contributed by atoms with Crippen molar-refractivity contribution in [2.75, 3.05) is 19.0 Å². The summed E-state index contributed by atoms with van der Waals surface area (Å²) in [5.74, 6) is 1.65. The minimum Gasteiger partial charge on any atom is -0.457 e. The molecule has 2 aromatic carbocycles. The van der Waals surface area contributed by atoms with Gasteiger partial charge >= 0.3 is 0 Å². The standard InChI is InChI=1S/C16H20N2O/c1-12(17)13-7-9-15(10-8-13)19-16-6-4-5-14(11-16)18(2)3/h4-12H,17H2,1-3H3. The molecular formula is C16H20N2O. The molecule has 1 atom stereocenters. The van der Waals surface area contributed by atoms with Gasteiger partial charge in [-0.3, -0.25) is 0 Å². The van der Waals surface area contributed by atoms with Crippen molar-refractivity contribution in [2.45, 2.75) is 13.0 Å². The van der Waals surface area contributed by atoms with Crippen LogP contribution in [0.5, 0.6) is 11.5 Å². The van der Waals surface area contributed by atoms with Crippen LogP contribution < -0.4 is 15.4 Å². The lowest BCUT2D eigenvalue weighted by Crippen LogP contribution is -2.08. The molecule has 2 aromatic rings. The summed E-state index contributed by atoms with van der Waals surface area (Å²) in [6, 6.07) is 15.9. The van der Waals surface area contributed by atoms with Crippen molar-refractivity contribution in [1.82, 2.24) is 0 Å². The van der Waals surface area contributed by atoms with Crippen LogP contribution in [-0.2, 0) is 0 Å². The molecule has 0 aromatic heterocycles. The molecule has 2 rings (SSSR count). The van der Waals surface area contributed by atoms with Crippen molar-refractivity contribution in [2.24, 2.45) is 5.73 Å². The summed E-state index contributed by atoms with van der Waals surface area (Å²) < 4.78 is 5.84. The monoisotopic (exact) mass is 256 g/mol. The molecule has 0 fully saturated rings. The van der Waals surface area contributed by atoms with E-state index in [1.165, 1.54) is 0 Å². The summed E-state index contributed by atoms with van der Waals surface area (Å²) in [7, 11) is 4.02. The summed E-state index contributed by atoms with van der Waals surface area (Å²) >= 11 is 0. The van der Waals surface area contributed by atoms with Crippen LogP contribution in [0.2, 0.25) is 0 Å². The Morgan fingerprint density at radius 1 is 1.00 bits per heavy atom. The van der Waals surface area contributed by atoms with Gasteiger partial charge < -0.3 is 15.4 Å². The molecule has 0 radical (unpaired) electrons. The fraction of sp³-hybridized carbons (Fsp3) is 0.250. The first-order chi connectivity index (χ1) is 9.06. The number of hydrogen-bond acceptors (Lipinski definition) is 3. The van der Waals surface area contributed by atoms with Crippen LogP contribution in [-0.4, -0.2) is 14.1 Å². The van der Waals surface area contributed by atoms with Crippen LogP contribution >= 0.6 is 0 Å². The number of anilines is 1. The van der Waals surface area contributed by atoms with E-state index in [2.05, 4.69) is 0 Å². The first kappa shape index (κ1) is 13.4. The Morgan fingerprint density at radius 3 is 2.26 bits per heavy atom. The van der Waals surface area contributed by atoms with E-state index in [1.54, 1.807) is 0 Å². The molecular weight excluding hydrogens is 236 g/mol. The van der Waals surface area contributed by atoms with Crippen molar-refractivity contribution in [3.8, 4) is 11.5 Å². The van der Waals surface area contributed by atoms with Crippen LogP contribution in [0.1, 0.15) is 18.5 Å². The third-order valence-electron chi connectivity index (χ3n) is 2.98. The highest BCUT2D eigenvalue weighted by Crippen LogP contribution is 2.26. The second-order valence-corrected chi connectivity index (χ2v) is 4.85. The lowest BCUT2D eigenvalue weighted by atomic mass is 10.1. The Hall–Kier alpha value is -2.00.